The second-order valence-electron chi connectivity index (χ2n) is 19.3. The van der Waals surface area contributed by atoms with E-state index in [9.17, 15) is 14.2 Å². The first-order valence-corrected chi connectivity index (χ1v) is 27.1. The van der Waals surface area contributed by atoms with Crippen LogP contribution < -0.4 is 35.8 Å². The summed E-state index contributed by atoms with van der Waals surface area (Å²) < 4.78 is 20.4. The standard InChI is InChI=1S/C51H63BrN9O4P/c1-6-36-9-12-39-41(54-36)14-15-42(47(39)66(4,5)64)55-48-40(52)31-53-50(58-48)56-43-29-33(2)44(30-45(43)65-3)61-27-21-51(22-28-61)19-25-59(26-20-51)32-34-17-23-60(24-18-34)37-10-7-35(8-11-37)38-13-16-46(62)57-49(38)63/h7-12,14-15,29-31,34,38H,6,13,16-28,32H2,1-5H3,(H,57,62,63)(H2,53,55,56,58). The highest BCUT2D eigenvalue weighted by Gasteiger charge is 2.39. The topological polar surface area (TPSA) is 145 Å². The highest BCUT2D eigenvalue weighted by molar-refractivity contribution is 9.10. The van der Waals surface area contributed by atoms with E-state index in [0.717, 1.165) is 88.7 Å². The first-order valence-electron chi connectivity index (χ1n) is 23.7. The molecule has 13 nitrogen and oxygen atoms in total. The molecule has 15 heteroatoms. The second kappa shape index (κ2) is 19.3. The average Bonchev–Trinajstić information content (AvgIpc) is 3.31. The molecule has 0 bridgehead atoms. The molecular formula is C51H63BrN9O4P. The minimum Gasteiger partial charge on any atom is -0.494 e. The molecule has 3 aromatic carbocycles. The molecule has 2 amide bonds. The zero-order valence-corrected chi connectivity index (χ0v) is 41.4. The lowest BCUT2D eigenvalue weighted by atomic mass is 9.71. The van der Waals surface area contributed by atoms with Crippen LogP contribution in [0.3, 0.4) is 0 Å². The number of ether oxygens (including phenoxy) is 1. The fourth-order valence-corrected chi connectivity index (χ4v) is 12.5. The van der Waals surface area contributed by atoms with Gasteiger partial charge in [0.15, 0.2) is 0 Å². The predicted molar refractivity (Wildman–Crippen MR) is 270 cm³/mol. The van der Waals surface area contributed by atoms with E-state index in [1.165, 1.54) is 69.5 Å². The Kier molecular flexibility index (Phi) is 13.5. The van der Waals surface area contributed by atoms with Gasteiger partial charge in [-0.25, -0.2) is 4.98 Å². The fraction of sp³-hybridized carbons (Fsp3) is 0.471. The first-order chi connectivity index (χ1) is 31.8. The Morgan fingerprint density at radius 3 is 2.27 bits per heavy atom. The Morgan fingerprint density at radius 2 is 1.59 bits per heavy atom. The summed E-state index contributed by atoms with van der Waals surface area (Å²) in [7, 11) is -1.02. The quantitative estimate of drug-likeness (QED) is 0.0809. The van der Waals surface area contributed by atoms with Crippen LogP contribution >= 0.6 is 23.1 Å². The fourth-order valence-electron chi connectivity index (χ4n) is 10.8. The minimum absolute atomic E-state index is 0.171. The number of nitrogens with zero attached hydrogens (tertiary/aromatic N) is 6. The number of carbonyl (C=O) groups is 2. The van der Waals surface area contributed by atoms with Gasteiger partial charge in [-0.2, -0.15) is 4.98 Å². The van der Waals surface area contributed by atoms with Crippen molar-refractivity contribution in [2.24, 2.45) is 11.3 Å². The molecule has 4 fully saturated rings. The molecule has 1 atom stereocenters. The maximum atomic E-state index is 13.7. The summed E-state index contributed by atoms with van der Waals surface area (Å²) in [5.41, 5.74) is 8.33. The number of hydrogen-bond acceptors (Lipinski definition) is 12. The number of benzene rings is 3. The van der Waals surface area contributed by atoms with Crippen LogP contribution in [-0.4, -0.2) is 97.9 Å². The maximum absolute atomic E-state index is 13.7. The van der Waals surface area contributed by atoms with E-state index < -0.39 is 7.14 Å². The predicted octanol–water partition coefficient (Wildman–Crippen LogP) is 9.52. The average molecular weight is 977 g/mol. The molecule has 5 aromatic rings. The van der Waals surface area contributed by atoms with Gasteiger partial charge in [-0.1, -0.05) is 25.1 Å². The van der Waals surface area contributed by atoms with Crippen LogP contribution in [0.15, 0.2) is 71.3 Å². The number of rotatable bonds is 12. The summed E-state index contributed by atoms with van der Waals surface area (Å²) in [5.74, 6) is 1.83. The van der Waals surface area contributed by atoms with Crippen LogP contribution in [0.2, 0.25) is 0 Å². The molecule has 3 N–H and O–H groups in total. The molecule has 0 radical (unpaired) electrons. The SMILES string of the molecule is CCc1ccc2c(P(C)(C)=O)c(Nc3nc(Nc4cc(C)c(N5CCC6(CCN(CC7CCN(c8ccc(C9CCC(=O)NC9=O)cc8)CC7)CC6)CC5)cc4OC)ncc3Br)ccc2n1. The number of imide groups is 1. The van der Waals surface area contributed by atoms with Gasteiger partial charge in [0.25, 0.3) is 0 Å². The molecule has 0 saturated carbocycles. The molecule has 348 valence electrons. The number of aryl methyl sites for hydroxylation is 2. The number of pyridine rings is 1. The van der Waals surface area contributed by atoms with Crippen LogP contribution in [-0.2, 0) is 20.6 Å². The van der Waals surface area contributed by atoms with E-state index in [2.05, 4.69) is 102 Å². The van der Waals surface area contributed by atoms with Gasteiger partial charge in [0, 0.05) is 79.2 Å². The number of anilines is 6. The van der Waals surface area contributed by atoms with E-state index in [1.54, 1.807) is 26.6 Å². The Bertz CT molecular complexity index is 2650. The van der Waals surface area contributed by atoms with Crippen molar-refractivity contribution in [1.29, 1.82) is 0 Å². The summed E-state index contributed by atoms with van der Waals surface area (Å²) in [6.45, 7) is 15.6. The Labute approximate surface area is 397 Å². The van der Waals surface area contributed by atoms with Crippen molar-refractivity contribution in [1.82, 2.24) is 25.2 Å². The van der Waals surface area contributed by atoms with Crippen LogP contribution in [0.4, 0.5) is 34.5 Å². The van der Waals surface area contributed by atoms with Gasteiger partial charge in [-0.3, -0.25) is 19.9 Å². The van der Waals surface area contributed by atoms with E-state index >= 15 is 0 Å². The van der Waals surface area contributed by atoms with Crippen LogP contribution in [0.25, 0.3) is 10.9 Å². The Morgan fingerprint density at radius 1 is 0.864 bits per heavy atom. The van der Waals surface area contributed by atoms with Gasteiger partial charge in [0.05, 0.1) is 34.4 Å². The third-order valence-corrected chi connectivity index (χ3v) is 16.8. The summed E-state index contributed by atoms with van der Waals surface area (Å²) in [5, 5.41) is 11.0. The van der Waals surface area contributed by atoms with Gasteiger partial charge in [0.2, 0.25) is 17.8 Å². The number of hydrogen-bond donors (Lipinski definition) is 3. The molecule has 4 aliphatic rings. The van der Waals surface area contributed by atoms with Gasteiger partial charge in [0.1, 0.15) is 18.7 Å². The molecule has 1 spiro atoms. The minimum atomic E-state index is -2.72. The number of nitrogens with one attached hydrogen (secondary N) is 3. The largest absolute Gasteiger partial charge is 0.494 e. The zero-order valence-electron chi connectivity index (χ0n) is 39.0. The van der Waals surface area contributed by atoms with Gasteiger partial charge in [-0.15, -0.1) is 0 Å². The summed E-state index contributed by atoms with van der Waals surface area (Å²) in [6.07, 6.45) is 10.9. The van der Waals surface area contributed by atoms with Crippen molar-refractivity contribution < 1.29 is 18.9 Å². The zero-order chi connectivity index (χ0) is 46.2. The summed E-state index contributed by atoms with van der Waals surface area (Å²) in [4.78, 5) is 45.9. The van der Waals surface area contributed by atoms with Crippen molar-refractivity contribution in [3.63, 3.8) is 0 Å². The van der Waals surface area contributed by atoms with Crippen molar-refractivity contribution in [2.45, 2.75) is 77.6 Å². The Hall–Kier alpha value is -5.04. The number of aromatic nitrogens is 3. The maximum Gasteiger partial charge on any atom is 0.234 e. The Balaban J connectivity index is 0.775. The van der Waals surface area contributed by atoms with E-state index in [4.69, 9.17) is 14.7 Å². The number of halogens is 1. The highest BCUT2D eigenvalue weighted by atomic mass is 79.9. The molecule has 1 unspecified atom stereocenters. The molecule has 4 aliphatic heterocycles. The molecule has 9 rings (SSSR count). The van der Waals surface area contributed by atoms with Crippen LogP contribution in [0.1, 0.15) is 81.0 Å². The third kappa shape index (κ3) is 9.97. The van der Waals surface area contributed by atoms with Gasteiger partial charge < -0.3 is 34.6 Å². The first kappa shape index (κ1) is 46.1. The lowest BCUT2D eigenvalue weighted by Crippen LogP contribution is -2.48. The second-order valence-corrected chi connectivity index (χ2v) is 23.3. The lowest BCUT2D eigenvalue weighted by Gasteiger charge is -2.48. The number of methoxy groups -OCH3 is 1. The lowest BCUT2D eigenvalue weighted by molar-refractivity contribution is -0.134. The number of carbonyl (C=O) groups excluding carboxylic acids is 2. The van der Waals surface area contributed by atoms with Crippen molar-refractivity contribution >= 4 is 85.6 Å². The van der Waals surface area contributed by atoms with Crippen molar-refractivity contribution in [2.75, 3.05) is 86.7 Å². The van der Waals surface area contributed by atoms with Gasteiger partial charge in [-0.05, 0) is 159 Å². The number of amides is 2. The molecule has 0 aliphatic carbocycles. The molecule has 4 saturated heterocycles. The van der Waals surface area contributed by atoms with E-state index in [1.807, 2.05) is 24.3 Å². The van der Waals surface area contributed by atoms with E-state index in [0.29, 0.717) is 34.5 Å². The number of piperidine rings is 4. The van der Waals surface area contributed by atoms with Crippen LogP contribution in [0.5, 0.6) is 5.75 Å². The third-order valence-electron chi connectivity index (χ3n) is 14.7. The van der Waals surface area contributed by atoms with E-state index in [-0.39, 0.29) is 17.7 Å². The summed E-state index contributed by atoms with van der Waals surface area (Å²) in [6, 6.07) is 20.6. The molecule has 2 aromatic heterocycles. The number of likely N-dealkylation sites (tertiary alicyclic amines) is 1. The van der Waals surface area contributed by atoms with Crippen molar-refractivity contribution in [3.05, 3.63) is 88.2 Å². The monoisotopic (exact) mass is 975 g/mol. The molecule has 6 heterocycles. The van der Waals surface area contributed by atoms with Crippen molar-refractivity contribution in [3.8, 4) is 5.75 Å². The summed E-state index contributed by atoms with van der Waals surface area (Å²) >= 11 is 3.64. The van der Waals surface area contributed by atoms with Crippen LogP contribution in [0, 0.1) is 18.3 Å². The number of fused-ring (bicyclic) bond motifs is 1. The smallest absolute Gasteiger partial charge is 0.234 e. The highest BCUT2D eigenvalue weighted by Crippen LogP contribution is 2.45. The molecular weight excluding hydrogens is 913 g/mol. The van der Waals surface area contributed by atoms with Gasteiger partial charge >= 0.3 is 0 Å². The molecule has 66 heavy (non-hydrogen) atoms. The normalized spacial score (nSPS) is 19.6.